The van der Waals surface area contributed by atoms with E-state index in [2.05, 4.69) is 20.9 Å². The fourth-order valence-corrected chi connectivity index (χ4v) is 2.72. The number of aromatic amines is 1. The Morgan fingerprint density at radius 1 is 1.45 bits per heavy atom. The Morgan fingerprint density at radius 2 is 2.20 bits per heavy atom. The van der Waals surface area contributed by atoms with Crippen LogP contribution in [0.15, 0.2) is 27.5 Å². The second-order valence-electron chi connectivity index (χ2n) is 4.93. The second-order valence-corrected chi connectivity index (χ2v) is 5.84. The van der Waals surface area contributed by atoms with E-state index in [4.69, 9.17) is 4.74 Å². The average molecular weight is 336 g/mol. The van der Waals surface area contributed by atoms with Gasteiger partial charge >= 0.3 is 5.97 Å². The van der Waals surface area contributed by atoms with Crippen LogP contribution in [0.1, 0.15) is 41.7 Å². The third-order valence-corrected chi connectivity index (χ3v) is 3.95. The van der Waals surface area contributed by atoms with Crippen LogP contribution in [0.5, 0.6) is 0 Å². The lowest BCUT2D eigenvalue weighted by atomic mass is 10.1. The zero-order valence-corrected chi connectivity index (χ0v) is 12.6. The first-order chi connectivity index (χ1) is 9.61. The Bertz CT molecular complexity index is 747. The van der Waals surface area contributed by atoms with E-state index in [0.717, 1.165) is 28.5 Å². The molecule has 0 spiro atoms. The minimum atomic E-state index is -0.530. The number of H-pyrrole nitrogens is 1. The Balaban J connectivity index is 2.29. The Hall–Kier alpha value is -1.62. The summed E-state index contributed by atoms with van der Waals surface area (Å²) in [5.41, 5.74) is 1.40. The van der Waals surface area contributed by atoms with Gasteiger partial charge in [-0.15, -0.1) is 0 Å². The van der Waals surface area contributed by atoms with Gasteiger partial charge in [0.1, 0.15) is 5.56 Å². The van der Waals surface area contributed by atoms with Crippen molar-refractivity contribution in [3.8, 4) is 0 Å². The number of benzene rings is 1. The molecule has 5 heteroatoms. The van der Waals surface area contributed by atoms with Crippen molar-refractivity contribution in [1.82, 2.24) is 4.98 Å². The molecule has 104 valence electrons. The number of pyridine rings is 1. The number of hydrogen-bond donors (Lipinski definition) is 1. The molecular weight excluding hydrogens is 322 g/mol. The van der Waals surface area contributed by atoms with E-state index in [1.54, 1.807) is 13.0 Å². The molecule has 1 aliphatic carbocycles. The lowest BCUT2D eigenvalue weighted by Gasteiger charge is -2.10. The maximum atomic E-state index is 12.6. The first-order valence-electron chi connectivity index (χ1n) is 6.64. The fourth-order valence-electron chi connectivity index (χ4n) is 2.36. The van der Waals surface area contributed by atoms with Gasteiger partial charge < -0.3 is 9.72 Å². The number of esters is 1. The summed E-state index contributed by atoms with van der Waals surface area (Å²) in [6.07, 6.45) is 2.01. The molecule has 1 aliphatic rings. The number of nitrogens with one attached hydrogen (secondary N) is 1. The highest BCUT2D eigenvalue weighted by Crippen LogP contribution is 2.40. The molecule has 0 radical (unpaired) electrons. The third kappa shape index (κ3) is 2.26. The molecule has 0 aliphatic heterocycles. The van der Waals surface area contributed by atoms with Crippen LogP contribution in [0.2, 0.25) is 0 Å². The summed E-state index contributed by atoms with van der Waals surface area (Å²) in [7, 11) is 0. The lowest BCUT2D eigenvalue weighted by molar-refractivity contribution is 0.0523. The van der Waals surface area contributed by atoms with Crippen molar-refractivity contribution < 1.29 is 9.53 Å². The van der Waals surface area contributed by atoms with Crippen molar-refractivity contribution in [1.29, 1.82) is 0 Å². The van der Waals surface area contributed by atoms with E-state index in [0.29, 0.717) is 5.39 Å². The number of halogens is 1. The molecule has 0 amide bonds. The van der Waals surface area contributed by atoms with Crippen LogP contribution < -0.4 is 5.43 Å². The average Bonchev–Trinajstić information content (AvgIpc) is 3.23. The summed E-state index contributed by atoms with van der Waals surface area (Å²) in [5, 5.41) is 0.506. The molecule has 1 saturated carbocycles. The summed E-state index contributed by atoms with van der Waals surface area (Å²) in [4.78, 5) is 27.9. The number of fused-ring (bicyclic) bond motifs is 1. The van der Waals surface area contributed by atoms with E-state index < -0.39 is 5.97 Å². The predicted octanol–water partition coefficient (Wildman–Crippen LogP) is 3.34. The van der Waals surface area contributed by atoms with Crippen molar-refractivity contribution in [2.45, 2.75) is 25.7 Å². The number of rotatable bonds is 3. The van der Waals surface area contributed by atoms with E-state index in [9.17, 15) is 9.59 Å². The van der Waals surface area contributed by atoms with Crippen LogP contribution in [0, 0.1) is 0 Å². The first-order valence-corrected chi connectivity index (χ1v) is 7.43. The standard InChI is InChI=1S/C15H14BrNO3/c1-2-20-15(19)12-13(8-3-4-8)17-11-6-5-9(16)7-10(11)14(12)18/h5-8H,2-4H2,1H3,(H,17,18). The maximum Gasteiger partial charge on any atom is 0.343 e. The van der Waals surface area contributed by atoms with Gasteiger partial charge in [0.05, 0.1) is 6.61 Å². The van der Waals surface area contributed by atoms with E-state index in [1.165, 1.54) is 0 Å². The summed E-state index contributed by atoms with van der Waals surface area (Å²) in [6.45, 7) is 2.00. The van der Waals surface area contributed by atoms with Crippen LogP contribution in [0.3, 0.4) is 0 Å². The van der Waals surface area contributed by atoms with Crippen molar-refractivity contribution in [2.24, 2.45) is 0 Å². The van der Waals surface area contributed by atoms with Gasteiger partial charge in [0.2, 0.25) is 5.43 Å². The molecule has 1 aromatic heterocycles. The molecule has 0 bridgehead atoms. The minimum absolute atomic E-state index is 0.167. The molecule has 2 aromatic rings. The van der Waals surface area contributed by atoms with Gasteiger partial charge in [0.15, 0.2) is 0 Å². The molecule has 4 nitrogen and oxygen atoms in total. The van der Waals surface area contributed by atoms with Gasteiger partial charge in [0.25, 0.3) is 0 Å². The Morgan fingerprint density at radius 3 is 2.85 bits per heavy atom. The van der Waals surface area contributed by atoms with Crippen molar-refractivity contribution in [3.05, 3.63) is 44.2 Å². The summed E-state index contributed by atoms with van der Waals surface area (Å²) in [6, 6.07) is 5.45. The second kappa shape index (κ2) is 5.05. The Labute approximate surface area is 124 Å². The molecule has 1 N–H and O–H groups in total. The third-order valence-electron chi connectivity index (χ3n) is 3.46. The fraction of sp³-hybridized carbons (Fsp3) is 0.333. The topological polar surface area (TPSA) is 59.2 Å². The van der Waals surface area contributed by atoms with Crippen molar-refractivity contribution in [3.63, 3.8) is 0 Å². The van der Waals surface area contributed by atoms with Gasteiger partial charge in [-0.2, -0.15) is 0 Å². The van der Waals surface area contributed by atoms with Crippen molar-refractivity contribution >= 4 is 32.8 Å². The molecule has 0 unspecified atom stereocenters. The Kier molecular flexibility index (Phi) is 3.38. The van der Waals surface area contributed by atoms with Crippen LogP contribution in [0.25, 0.3) is 10.9 Å². The molecular formula is C15H14BrNO3. The quantitative estimate of drug-likeness (QED) is 0.875. The molecule has 0 saturated heterocycles. The maximum absolute atomic E-state index is 12.6. The van der Waals surface area contributed by atoms with Gasteiger partial charge in [-0.05, 0) is 38.0 Å². The molecule has 0 atom stereocenters. The monoisotopic (exact) mass is 335 g/mol. The number of aromatic nitrogens is 1. The van der Waals surface area contributed by atoms with Gasteiger partial charge in [-0.1, -0.05) is 15.9 Å². The number of carbonyl (C=O) groups is 1. The van der Waals surface area contributed by atoms with Crippen LogP contribution in [-0.2, 0) is 4.74 Å². The zero-order valence-electron chi connectivity index (χ0n) is 11.0. The summed E-state index contributed by atoms with van der Waals surface area (Å²) >= 11 is 3.35. The molecule has 1 aromatic carbocycles. The summed E-state index contributed by atoms with van der Waals surface area (Å²) in [5.74, 6) is -0.257. The lowest BCUT2D eigenvalue weighted by Crippen LogP contribution is -2.21. The first kappa shape index (κ1) is 13.4. The van der Waals surface area contributed by atoms with Crippen molar-refractivity contribution in [2.75, 3.05) is 6.61 Å². The normalized spacial score (nSPS) is 14.5. The van der Waals surface area contributed by atoms with Gasteiger partial charge in [-0.3, -0.25) is 4.79 Å². The predicted molar refractivity (Wildman–Crippen MR) is 80.2 cm³/mol. The number of carbonyl (C=O) groups excluding carboxylic acids is 1. The summed E-state index contributed by atoms with van der Waals surface area (Å²) < 4.78 is 5.85. The SMILES string of the molecule is CCOC(=O)c1c(C2CC2)[nH]c2ccc(Br)cc2c1=O. The highest BCUT2D eigenvalue weighted by molar-refractivity contribution is 9.10. The van der Waals surface area contributed by atoms with Crippen LogP contribution in [-0.4, -0.2) is 17.6 Å². The van der Waals surface area contributed by atoms with Crippen LogP contribution in [0.4, 0.5) is 0 Å². The van der Waals surface area contributed by atoms with Gasteiger partial charge in [0, 0.05) is 27.0 Å². The van der Waals surface area contributed by atoms with E-state index in [-0.39, 0.29) is 23.5 Å². The highest BCUT2D eigenvalue weighted by Gasteiger charge is 2.32. The zero-order chi connectivity index (χ0) is 14.3. The molecule has 3 rings (SSSR count). The minimum Gasteiger partial charge on any atom is -0.462 e. The highest BCUT2D eigenvalue weighted by atomic mass is 79.9. The number of ether oxygens (including phenoxy) is 1. The molecule has 1 heterocycles. The van der Waals surface area contributed by atoms with E-state index in [1.807, 2.05) is 12.1 Å². The van der Waals surface area contributed by atoms with Gasteiger partial charge in [-0.25, -0.2) is 4.79 Å². The smallest absolute Gasteiger partial charge is 0.343 e. The molecule has 20 heavy (non-hydrogen) atoms. The number of hydrogen-bond acceptors (Lipinski definition) is 3. The van der Waals surface area contributed by atoms with Crippen LogP contribution >= 0.6 is 15.9 Å². The molecule has 1 fully saturated rings. The van der Waals surface area contributed by atoms with E-state index >= 15 is 0 Å². The largest absolute Gasteiger partial charge is 0.462 e.